The molecule has 0 spiro atoms. The zero-order valence-corrected chi connectivity index (χ0v) is 20.6. The molecule has 3 aromatic carbocycles. The fraction of sp³-hybridized carbons (Fsp3) is 0.0400. The minimum absolute atomic E-state index is 0.132. The van der Waals surface area contributed by atoms with Gasteiger partial charge in [-0.1, -0.05) is 23.7 Å². The lowest BCUT2D eigenvalue weighted by atomic mass is 9.99. The van der Waals surface area contributed by atoms with E-state index in [0.29, 0.717) is 38.5 Å². The summed E-state index contributed by atoms with van der Waals surface area (Å²) in [6, 6.07) is 13.8. The minimum atomic E-state index is -4.11. The first-order chi connectivity index (χ1) is 17.7. The van der Waals surface area contributed by atoms with Crippen molar-refractivity contribution in [2.75, 3.05) is 11.8 Å². The van der Waals surface area contributed by atoms with E-state index in [1.54, 1.807) is 30.3 Å². The number of anilines is 1. The number of fused-ring (bicyclic) bond motifs is 1. The van der Waals surface area contributed by atoms with Crippen molar-refractivity contribution in [2.24, 2.45) is 0 Å². The molecule has 1 N–H and O–H groups in total. The molecular weight excluding hydrogens is 524 g/mol. The molecule has 0 aliphatic heterocycles. The van der Waals surface area contributed by atoms with Crippen LogP contribution in [-0.4, -0.2) is 35.5 Å². The Labute approximate surface area is 215 Å². The average molecular weight is 540 g/mol. The van der Waals surface area contributed by atoms with Gasteiger partial charge < -0.3 is 4.74 Å². The Morgan fingerprint density at radius 2 is 1.70 bits per heavy atom. The van der Waals surface area contributed by atoms with Crippen molar-refractivity contribution in [1.29, 1.82) is 0 Å². The molecule has 0 saturated carbocycles. The molecule has 0 amide bonds. The number of aromatic nitrogens is 4. The number of nitrogens with zero attached hydrogens (tertiary/aromatic N) is 4. The molecule has 37 heavy (non-hydrogen) atoms. The number of halogens is 3. The maximum Gasteiger partial charge on any atom is 0.264 e. The molecule has 0 radical (unpaired) electrons. The third-order valence-corrected chi connectivity index (χ3v) is 7.01. The van der Waals surface area contributed by atoms with Crippen LogP contribution in [0.4, 0.5) is 14.7 Å². The number of nitrogens with one attached hydrogen (secondary N) is 1. The van der Waals surface area contributed by atoms with E-state index in [2.05, 4.69) is 24.7 Å². The smallest absolute Gasteiger partial charge is 0.264 e. The van der Waals surface area contributed by atoms with Crippen LogP contribution in [0.15, 0.2) is 78.2 Å². The van der Waals surface area contributed by atoms with E-state index in [1.807, 2.05) is 0 Å². The number of sulfonamides is 1. The summed E-state index contributed by atoms with van der Waals surface area (Å²) < 4.78 is 61.7. The second-order valence-electron chi connectivity index (χ2n) is 7.77. The molecule has 12 heteroatoms. The predicted molar refractivity (Wildman–Crippen MR) is 135 cm³/mol. The SMILES string of the molecule is COc1cc(-c2cccc(Cl)c2)c(F)cc1-c1ncnc2cc(S(=O)(=O)Nc3ncc(F)cn3)ccc12. The highest BCUT2D eigenvalue weighted by atomic mass is 35.5. The largest absolute Gasteiger partial charge is 0.496 e. The van der Waals surface area contributed by atoms with Crippen LogP contribution >= 0.6 is 11.6 Å². The Balaban J connectivity index is 1.57. The van der Waals surface area contributed by atoms with Crippen molar-refractivity contribution < 1.29 is 21.9 Å². The second-order valence-corrected chi connectivity index (χ2v) is 9.89. The Kier molecular flexibility index (Phi) is 6.40. The van der Waals surface area contributed by atoms with Crippen molar-refractivity contribution in [3.8, 4) is 28.1 Å². The number of hydrogen-bond acceptors (Lipinski definition) is 7. The first kappa shape index (κ1) is 24.5. The monoisotopic (exact) mass is 539 g/mol. The minimum Gasteiger partial charge on any atom is -0.496 e. The Hall–Kier alpha value is -4.22. The fourth-order valence-electron chi connectivity index (χ4n) is 3.75. The predicted octanol–water partition coefficient (Wildman–Crippen LogP) is 5.49. The molecule has 0 aliphatic rings. The van der Waals surface area contributed by atoms with Gasteiger partial charge in [0.15, 0.2) is 5.82 Å². The first-order valence-electron chi connectivity index (χ1n) is 10.6. The van der Waals surface area contributed by atoms with Crippen LogP contribution in [0.3, 0.4) is 0 Å². The Bertz CT molecular complexity index is 1750. The van der Waals surface area contributed by atoms with Gasteiger partial charge in [0.1, 0.15) is 17.9 Å². The third kappa shape index (κ3) is 4.91. The number of hydrogen-bond donors (Lipinski definition) is 1. The lowest BCUT2D eigenvalue weighted by Gasteiger charge is -2.14. The van der Waals surface area contributed by atoms with Gasteiger partial charge in [0.25, 0.3) is 10.0 Å². The second kappa shape index (κ2) is 9.68. The standard InChI is InChI=1S/C25H16ClF2N5O3S/c1-36-23-10-19(14-3-2-4-15(26)7-14)21(28)9-20(23)24-18-6-5-17(8-22(18)31-13-32-24)37(34,35)33-25-29-11-16(27)12-30-25/h2-13H,1H3,(H,29,30,33). The number of benzene rings is 3. The molecule has 0 atom stereocenters. The third-order valence-electron chi connectivity index (χ3n) is 5.44. The first-order valence-corrected chi connectivity index (χ1v) is 12.5. The van der Waals surface area contributed by atoms with Gasteiger partial charge in [-0.2, -0.15) is 0 Å². The molecule has 2 aromatic heterocycles. The van der Waals surface area contributed by atoms with Gasteiger partial charge >= 0.3 is 0 Å². The number of methoxy groups -OCH3 is 1. The van der Waals surface area contributed by atoms with Crippen LogP contribution in [0.2, 0.25) is 5.02 Å². The molecule has 186 valence electrons. The van der Waals surface area contributed by atoms with E-state index in [9.17, 15) is 12.8 Å². The van der Waals surface area contributed by atoms with E-state index in [1.165, 1.54) is 37.7 Å². The van der Waals surface area contributed by atoms with Gasteiger partial charge in [0.2, 0.25) is 5.95 Å². The summed E-state index contributed by atoms with van der Waals surface area (Å²) in [5.41, 5.74) is 1.86. The van der Waals surface area contributed by atoms with E-state index in [0.717, 1.165) is 12.4 Å². The van der Waals surface area contributed by atoms with Gasteiger partial charge in [-0.05, 0) is 48.0 Å². The molecule has 0 aliphatic carbocycles. The molecule has 8 nitrogen and oxygen atoms in total. The van der Waals surface area contributed by atoms with E-state index < -0.39 is 21.7 Å². The van der Waals surface area contributed by atoms with Gasteiger partial charge in [-0.25, -0.2) is 41.9 Å². The van der Waals surface area contributed by atoms with Gasteiger partial charge in [-0.3, -0.25) is 0 Å². The lowest BCUT2D eigenvalue weighted by Crippen LogP contribution is -2.15. The van der Waals surface area contributed by atoms with Crippen molar-refractivity contribution in [3.63, 3.8) is 0 Å². The van der Waals surface area contributed by atoms with Crippen molar-refractivity contribution >= 4 is 38.5 Å². The molecule has 5 aromatic rings. The van der Waals surface area contributed by atoms with Crippen molar-refractivity contribution in [2.45, 2.75) is 4.90 Å². The number of rotatable bonds is 6. The van der Waals surface area contributed by atoms with Crippen molar-refractivity contribution in [3.05, 3.63) is 90.0 Å². The summed E-state index contributed by atoms with van der Waals surface area (Å²) in [6.45, 7) is 0. The molecule has 0 fully saturated rings. The van der Waals surface area contributed by atoms with E-state index >= 15 is 4.39 Å². The summed E-state index contributed by atoms with van der Waals surface area (Å²) in [5, 5.41) is 0.931. The quantitative estimate of drug-likeness (QED) is 0.304. The van der Waals surface area contributed by atoms with Crippen LogP contribution in [0, 0.1) is 11.6 Å². The zero-order chi connectivity index (χ0) is 26.2. The normalized spacial score (nSPS) is 11.5. The summed E-state index contributed by atoms with van der Waals surface area (Å²) >= 11 is 6.07. The van der Waals surface area contributed by atoms with Gasteiger partial charge in [0, 0.05) is 21.5 Å². The Morgan fingerprint density at radius 3 is 2.43 bits per heavy atom. The number of ether oxygens (including phenoxy) is 1. The highest BCUT2D eigenvalue weighted by Gasteiger charge is 2.20. The van der Waals surface area contributed by atoms with Crippen molar-refractivity contribution in [1.82, 2.24) is 19.9 Å². The summed E-state index contributed by atoms with van der Waals surface area (Å²) in [4.78, 5) is 15.6. The zero-order valence-electron chi connectivity index (χ0n) is 19.0. The summed E-state index contributed by atoms with van der Waals surface area (Å²) in [7, 11) is -2.65. The van der Waals surface area contributed by atoms with Crippen LogP contribution < -0.4 is 9.46 Å². The molecule has 0 bridgehead atoms. The van der Waals surface area contributed by atoms with E-state index in [4.69, 9.17) is 16.3 Å². The summed E-state index contributed by atoms with van der Waals surface area (Å²) in [6.07, 6.45) is 2.93. The lowest BCUT2D eigenvalue weighted by molar-refractivity contribution is 0.415. The highest BCUT2D eigenvalue weighted by Crippen LogP contribution is 2.38. The van der Waals surface area contributed by atoms with Gasteiger partial charge in [0.05, 0.1) is 35.6 Å². The molecular formula is C25H16ClF2N5O3S. The molecule has 5 rings (SSSR count). The molecule has 0 unspecified atom stereocenters. The molecule has 2 heterocycles. The molecule has 0 saturated heterocycles. The topological polar surface area (TPSA) is 107 Å². The van der Waals surface area contributed by atoms with Crippen LogP contribution in [-0.2, 0) is 10.0 Å². The maximum absolute atomic E-state index is 15.3. The van der Waals surface area contributed by atoms with E-state index in [-0.39, 0.29) is 16.4 Å². The highest BCUT2D eigenvalue weighted by molar-refractivity contribution is 7.92. The van der Waals surface area contributed by atoms with Crippen LogP contribution in [0.1, 0.15) is 0 Å². The fourth-order valence-corrected chi connectivity index (χ4v) is 4.92. The average Bonchev–Trinajstić information content (AvgIpc) is 2.89. The Morgan fingerprint density at radius 1 is 0.919 bits per heavy atom. The summed E-state index contributed by atoms with van der Waals surface area (Å²) in [5.74, 6) is -1.16. The van der Waals surface area contributed by atoms with Crippen LogP contribution in [0.25, 0.3) is 33.3 Å². The van der Waals surface area contributed by atoms with Crippen LogP contribution in [0.5, 0.6) is 5.75 Å². The van der Waals surface area contributed by atoms with Gasteiger partial charge in [-0.15, -0.1) is 0 Å². The maximum atomic E-state index is 15.3.